The predicted molar refractivity (Wildman–Crippen MR) is 82.6 cm³/mol. The van der Waals surface area contributed by atoms with Crippen molar-refractivity contribution in [3.05, 3.63) is 29.8 Å². The summed E-state index contributed by atoms with van der Waals surface area (Å²) >= 11 is 0. The molecule has 1 aromatic rings. The van der Waals surface area contributed by atoms with Crippen molar-refractivity contribution in [2.45, 2.75) is 45.1 Å². The lowest BCUT2D eigenvalue weighted by atomic mass is 9.89. The van der Waals surface area contributed by atoms with Gasteiger partial charge in [0.15, 0.2) is 0 Å². The van der Waals surface area contributed by atoms with Gasteiger partial charge in [-0.25, -0.2) is 4.79 Å². The van der Waals surface area contributed by atoms with Crippen molar-refractivity contribution in [3.63, 3.8) is 0 Å². The maximum Gasteiger partial charge on any atom is 0.319 e. The van der Waals surface area contributed by atoms with Crippen LogP contribution in [0.4, 0.5) is 10.5 Å². The number of nitrogens with one attached hydrogen (secondary N) is 2. The Balaban J connectivity index is 1.80. The minimum Gasteiger partial charge on any atom is -0.338 e. The first-order valence-corrected chi connectivity index (χ1v) is 7.55. The second kappa shape index (κ2) is 7.29. The summed E-state index contributed by atoms with van der Waals surface area (Å²) in [5.41, 5.74) is 7.66. The summed E-state index contributed by atoms with van der Waals surface area (Å²) in [7, 11) is 0. The molecule has 1 saturated carbocycles. The quantitative estimate of drug-likeness (QED) is 0.788. The number of benzene rings is 1. The Kier molecular flexibility index (Phi) is 5.41. The molecular weight excluding hydrogens is 250 g/mol. The summed E-state index contributed by atoms with van der Waals surface area (Å²) in [6, 6.07) is 7.53. The lowest BCUT2D eigenvalue weighted by Gasteiger charge is -2.21. The first kappa shape index (κ1) is 14.9. The number of carbonyl (C=O) groups excluding carboxylic acids is 1. The molecule has 0 spiro atoms. The Hall–Kier alpha value is -1.55. The normalized spacial score (nSPS) is 17.5. The molecule has 0 aromatic heterocycles. The second-order valence-electron chi connectivity index (χ2n) is 5.75. The van der Waals surface area contributed by atoms with Crippen LogP contribution >= 0.6 is 0 Å². The number of anilines is 1. The molecule has 2 amide bonds. The third-order valence-electron chi connectivity index (χ3n) is 3.95. The fourth-order valence-electron chi connectivity index (χ4n) is 2.70. The monoisotopic (exact) mass is 275 g/mol. The van der Waals surface area contributed by atoms with E-state index in [0.29, 0.717) is 5.92 Å². The zero-order valence-corrected chi connectivity index (χ0v) is 12.2. The number of hydrogen-bond acceptors (Lipinski definition) is 2. The molecular formula is C16H25N3O. The summed E-state index contributed by atoms with van der Waals surface area (Å²) in [6.07, 6.45) is 6.41. The molecule has 1 aromatic carbocycles. The van der Waals surface area contributed by atoms with Crippen LogP contribution in [-0.2, 0) is 0 Å². The summed E-state index contributed by atoms with van der Waals surface area (Å²) < 4.78 is 0. The topological polar surface area (TPSA) is 67.1 Å². The molecule has 1 atom stereocenters. The van der Waals surface area contributed by atoms with Gasteiger partial charge >= 0.3 is 6.03 Å². The van der Waals surface area contributed by atoms with Crippen LogP contribution in [0, 0.1) is 5.92 Å². The van der Waals surface area contributed by atoms with E-state index in [4.69, 9.17) is 5.73 Å². The molecule has 1 fully saturated rings. The van der Waals surface area contributed by atoms with Crippen molar-refractivity contribution in [1.29, 1.82) is 0 Å². The lowest BCUT2D eigenvalue weighted by molar-refractivity contribution is 0.247. The molecule has 20 heavy (non-hydrogen) atoms. The molecule has 0 heterocycles. The van der Waals surface area contributed by atoms with E-state index in [0.717, 1.165) is 17.8 Å². The zero-order valence-electron chi connectivity index (χ0n) is 12.2. The van der Waals surface area contributed by atoms with Crippen LogP contribution in [0.25, 0.3) is 0 Å². The van der Waals surface area contributed by atoms with E-state index in [-0.39, 0.29) is 12.1 Å². The molecule has 0 saturated heterocycles. The Morgan fingerprint density at radius 1 is 1.35 bits per heavy atom. The molecule has 0 aliphatic heterocycles. The summed E-state index contributed by atoms with van der Waals surface area (Å²) in [5, 5.41) is 5.84. The van der Waals surface area contributed by atoms with Crippen LogP contribution in [0.2, 0.25) is 0 Å². The first-order chi connectivity index (χ1) is 9.65. The van der Waals surface area contributed by atoms with E-state index in [1.807, 2.05) is 31.2 Å². The van der Waals surface area contributed by atoms with Crippen molar-refractivity contribution < 1.29 is 4.79 Å². The molecule has 4 nitrogen and oxygen atoms in total. The summed E-state index contributed by atoms with van der Waals surface area (Å²) in [5.74, 6) is 0.643. The van der Waals surface area contributed by atoms with Crippen LogP contribution < -0.4 is 16.4 Å². The van der Waals surface area contributed by atoms with Crippen molar-refractivity contribution >= 4 is 11.7 Å². The standard InChI is InChI=1S/C16H25N3O/c1-12(17)14-8-5-9-15(10-14)19-16(20)18-11-13-6-3-2-4-7-13/h5,8-10,12-13H,2-4,6-7,11,17H2,1H3,(H2,18,19,20). The minimum atomic E-state index is -0.127. The van der Waals surface area contributed by atoms with Gasteiger partial charge in [0.1, 0.15) is 0 Å². The van der Waals surface area contributed by atoms with E-state index < -0.39 is 0 Å². The highest BCUT2D eigenvalue weighted by molar-refractivity contribution is 5.89. The van der Waals surface area contributed by atoms with Gasteiger partial charge in [0.25, 0.3) is 0 Å². The second-order valence-corrected chi connectivity index (χ2v) is 5.75. The highest BCUT2D eigenvalue weighted by Gasteiger charge is 2.14. The van der Waals surface area contributed by atoms with Gasteiger partial charge in [0.05, 0.1) is 0 Å². The van der Waals surface area contributed by atoms with Crippen LogP contribution in [0.3, 0.4) is 0 Å². The Morgan fingerprint density at radius 3 is 2.80 bits per heavy atom. The average Bonchev–Trinajstić information content (AvgIpc) is 2.46. The van der Waals surface area contributed by atoms with Crippen LogP contribution in [-0.4, -0.2) is 12.6 Å². The minimum absolute atomic E-state index is 0.0259. The SMILES string of the molecule is CC(N)c1cccc(NC(=O)NCC2CCCCC2)c1. The molecule has 4 N–H and O–H groups in total. The van der Waals surface area contributed by atoms with Gasteiger partial charge in [-0.05, 0) is 43.4 Å². The van der Waals surface area contributed by atoms with Gasteiger partial charge in [0, 0.05) is 18.3 Å². The molecule has 1 unspecified atom stereocenters. The van der Waals surface area contributed by atoms with Gasteiger partial charge in [-0.15, -0.1) is 0 Å². The number of rotatable bonds is 4. The third-order valence-corrected chi connectivity index (χ3v) is 3.95. The maximum atomic E-state index is 11.9. The number of hydrogen-bond donors (Lipinski definition) is 3. The van der Waals surface area contributed by atoms with Crippen molar-refractivity contribution in [1.82, 2.24) is 5.32 Å². The van der Waals surface area contributed by atoms with E-state index in [2.05, 4.69) is 10.6 Å². The van der Waals surface area contributed by atoms with Gasteiger partial charge in [-0.2, -0.15) is 0 Å². The molecule has 1 aliphatic carbocycles. The molecule has 0 radical (unpaired) electrons. The van der Waals surface area contributed by atoms with Crippen LogP contribution in [0.5, 0.6) is 0 Å². The molecule has 4 heteroatoms. The van der Waals surface area contributed by atoms with Crippen molar-refractivity contribution in [2.75, 3.05) is 11.9 Å². The highest BCUT2D eigenvalue weighted by Crippen LogP contribution is 2.22. The van der Waals surface area contributed by atoms with E-state index in [1.165, 1.54) is 32.1 Å². The number of nitrogens with two attached hydrogens (primary N) is 1. The Morgan fingerprint density at radius 2 is 2.10 bits per heavy atom. The van der Waals surface area contributed by atoms with E-state index in [1.54, 1.807) is 0 Å². The Labute approximate surface area is 121 Å². The van der Waals surface area contributed by atoms with E-state index in [9.17, 15) is 4.79 Å². The summed E-state index contributed by atoms with van der Waals surface area (Å²) in [4.78, 5) is 11.9. The van der Waals surface area contributed by atoms with Gasteiger partial charge in [-0.3, -0.25) is 0 Å². The molecule has 1 aliphatic rings. The third kappa shape index (κ3) is 4.53. The maximum absolute atomic E-state index is 11.9. The molecule has 0 bridgehead atoms. The van der Waals surface area contributed by atoms with E-state index >= 15 is 0 Å². The fraction of sp³-hybridized carbons (Fsp3) is 0.562. The summed E-state index contributed by atoms with van der Waals surface area (Å²) in [6.45, 7) is 2.71. The smallest absolute Gasteiger partial charge is 0.319 e. The predicted octanol–water partition coefficient (Wildman–Crippen LogP) is 3.41. The van der Waals surface area contributed by atoms with Gasteiger partial charge < -0.3 is 16.4 Å². The fourth-order valence-corrected chi connectivity index (χ4v) is 2.70. The van der Waals surface area contributed by atoms with Crippen molar-refractivity contribution in [3.8, 4) is 0 Å². The Bertz CT molecular complexity index is 439. The van der Waals surface area contributed by atoms with Crippen molar-refractivity contribution in [2.24, 2.45) is 11.7 Å². The molecule has 2 rings (SSSR count). The number of amides is 2. The zero-order chi connectivity index (χ0) is 14.4. The van der Waals surface area contributed by atoms with Gasteiger partial charge in [0.2, 0.25) is 0 Å². The first-order valence-electron chi connectivity index (χ1n) is 7.55. The highest BCUT2D eigenvalue weighted by atomic mass is 16.2. The van der Waals surface area contributed by atoms with Crippen LogP contribution in [0.15, 0.2) is 24.3 Å². The van der Waals surface area contributed by atoms with Gasteiger partial charge in [-0.1, -0.05) is 31.4 Å². The number of carbonyl (C=O) groups is 1. The lowest BCUT2D eigenvalue weighted by Crippen LogP contribution is -2.33. The number of urea groups is 1. The molecule has 110 valence electrons. The largest absolute Gasteiger partial charge is 0.338 e. The average molecular weight is 275 g/mol. The van der Waals surface area contributed by atoms with Crippen LogP contribution in [0.1, 0.15) is 50.6 Å².